The van der Waals surface area contributed by atoms with E-state index in [9.17, 15) is 0 Å². The molecule has 0 fully saturated rings. The summed E-state index contributed by atoms with van der Waals surface area (Å²) in [5.74, 6) is 4.71. The Morgan fingerprint density at radius 1 is 0.352 bits per heavy atom. The third-order valence-electron chi connectivity index (χ3n) is 10.8. The van der Waals surface area contributed by atoms with Gasteiger partial charge >= 0.3 is 0 Å². The van der Waals surface area contributed by atoms with Crippen molar-refractivity contribution in [1.82, 2.24) is 0 Å². The van der Waals surface area contributed by atoms with Crippen molar-refractivity contribution in [2.75, 3.05) is 0 Å². The van der Waals surface area contributed by atoms with Gasteiger partial charge in [-0.2, -0.15) is 0 Å². The van der Waals surface area contributed by atoms with Gasteiger partial charge in [0.05, 0.1) is 0 Å². The zero-order valence-corrected chi connectivity index (χ0v) is 29.2. The molecule has 0 bridgehead atoms. The summed E-state index contributed by atoms with van der Waals surface area (Å²) in [7, 11) is 0. The molecule has 0 amide bonds. The van der Waals surface area contributed by atoms with Gasteiger partial charge in [-0.05, 0) is 102 Å². The third-order valence-corrected chi connectivity index (χ3v) is 10.8. The Balaban J connectivity index is 1.05. The average molecular weight is 691 g/mol. The Labute approximate surface area is 313 Å². The van der Waals surface area contributed by atoms with Crippen LogP contribution in [0.15, 0.2) is 188 Å². The maximum Gasteiger partial charge on any atom is 0.260 e. The maximum absolute atomic E-state index is 6.93. The number of rotatable bonds is 5. The molecule has 4 heteroatoms. The molecule has 2 aliphatic rings. The first-order valence-electron chi connectivity index (χ1n) is 18.3. The van der Waals surface area contributed by atoms with Crippen LogP contribution < -0.4 is 30.6 Å². The summed E-state index contributed by atoms with van der Waals surface area (Å²) in [5, 5.41) is 4.80. The molecule has 0 saturated carbocycles. The van der Waals surface area contributed by atoms with E-state index in [1.54, 1.807) is 0 Å². The van der Waals surface area contributed by atoms with Gasteiger partial charge in [0.2, 0.25) is 0 Å². The standard InChI is InChI=1S/C50H31BO3/c1-2-11-32(12-3-1)35-17-8-18-38(27-35)52-39-24-26-45-47(31-39)54-49-30-37(43-22-10-16-34-14-5-7-20-41(34)43)29-48-50(49)51(45)44-25-23-36(28-46(44)53-48)42-21-9-15-33-13-4-6-19-40(33)42/h1-31H. The van der Waals surface area contributed by atoms with Crippen LogP contribution in [0.25, 0.3) is 54.9 Å². The normalized spacial score (nSPS) is 12.3. The first-order valence-corrected chi connectivity index (χ1v) is 18.3. The van der Waals surface area contributed by atoms with Crippen LogP contribution >= 0.6 is 0 Å². The van der Waals surface area contributed by atoms with E-state index in [1.807, 2.05) is 30.3 Å². The van der Waals surface area contributed by atoms with Gasteiger partial charge in [0, 0.05) is 11.5 Å². The second kappa shape index (κ2) is 12.3. The van der Waals surface area contributed by atoms with Gasteiger partial charge in [0.15, 0.2) is 0 Å². The van der Waals surface area contributed by atoms with Crippen molar-refractivity contribution in [3.05, 3.63) is 188 Å². The maximum atomic E-state index is 6.93. The van der Waals surface area contributed by atoms with Crippen molar-refractivity contribution in [3.63, 3.8) is 0 Å². The van der Waals surface area contributed by atoms with Crippen LogP contribution in [-0.4, -0.2) is 6.71 Å². The summed E-state index contributed by atoms with van der Waals surface area (Å²) in [5.41, 5.74) is 9.96. The molecule has 2 aliphatic heterocycles. The van der Waals surface area contributed by atoms with E-state index < -0.39 is 0 Å². The first kappa shape index (κ1) is 30.6. The van der Waals surface area contributed by atoms with Crippen molar-refractivity contribution >= 4 is 44.6 Å². The highest BCUT2D eigenvalue weighted by Gasteiger charge is 2.41. The number of hydrogen-bond acceptors (Lipinski definition) is 3. The topological polar surface area (TPSA) is 27.7 Å². The fourth-order valence-corrected chi connectivity index (χ4v) is 8.32. The average Bonchev–Trinajstić information content (AvgIpc) is 3.23. The van der Waals surface area contributed by atoms with Crippen molar-refractivity contribution in [3.8, 4) is 67.9 Å². The van der Waals surface area contributed by atoms with Gasteiger partial charge in [0.1, 0.15) is 34.5 Å². The highest BCUT2D eigenvalue weighted by molar-refractivity contribution is 6.98. The highest BCUT2D eigenvalue weighted by Crippen LogP contribution is 2.42. The third kappa shape index (κ3) is 5.07. The van der Waals surface area contributed by atoms with Crippen LogP contribution in [0, 0.1) is 0 Å². The van der Waals surface area contributed by atoms with E-state index in [0.717, 1.165) is 73.0 Å². The second-order valence-electron chi connectivity index (χ2n) is 14.0. The molecular formula is C50H31BO3. The number of hydrogen-bond donors (Lipinski definition) is 0. The Morgan fingerprint density at radius 2 is 0.889 bits per heavy atom. The van der Waals surface area contributed by atoms with E-state index in [0.29, 0.717) is 5.75 Å². The van der Waals surface area contributed by atoms with E-state index in [2.05, 4.69) is 158 Å². The van der Waals surface area contributed by atoms with E-state index in [-0.39, 0.29) is 6.71 Å². The van der Waals surface area contributed by atoms with Crippen LogP contribution in [0.2, 0.25) is 0 Å². The lowest BCUT2D eigenvalue weighted by atomic mass is 9.35. The van der Waals surface area contributed by atoms with Gasteiger partial charge < -0.3 is 14.2 Å². The lowest BCUT2D eigenvalue weighted by Gasteiger charge is -2.33. The highest BCUT2D eigenvalue weighted by atomic mass is 16.5. The summed E-state index contributed by atoms with van der Waals surface area (Å²) in [4.78, 5) is 0. The summed E-state index contributed by atoms with van der Waals surface area (Å²) in [6.45, 7) is -0.0823. The van der Waals surface area contributed by atoms with Crippen molar-refractivity contribution in [2.24, 2.45) is 0 Å². The minimum Gasteiger partial charge on any atom is -0.458 e. The summed E-state index contributed by atoms with van der Waals surface area (Å²) in [6, 6.07) is 65.8. The molecule has 0 atom stereocenters. The lowest BCUT2D eigenvalue weighted by molar-refractivity contribution is 0.455. The molecule has 9 aromatic rings. The van der Waals surface area contributed by atoms with Gasteiger partial charge in [0.25, 0.3) is 6.71 Å². The summed E-state index contributed by atoms with van der Waals surface area (Å²) >= 11 is 0. The Kier molecular flexibility index (Phi) is 6.96. The molecular weight excluding hydrogens is 659 g/mol. The lowest BCUT2D eigenvalue weighted by Crippen LogP contribution is -2.57. The van der Waals surface area contributed by atoms with Gasteiger partial charge in [-0.3, -0.25) is 0 Å². The largest absolute Gasteiger partial charge is 0.458 e. The van der Waals surface area contributed by atoms with Gasteiger partial charge in [-0.15, -0.1) is 0 Å². The van der Waals surface area contributed by atoms with Crippen molar-refractivity contribution < 1.29 is 14.2 Å². The Bertz CT molecular complexity index is 2920. The molecule has 0 radical (unpaired) electrons. The molecule has 0 saturated heterocycles. The van der Waals surface area contributed by atoms with Crippen molar-refractivity contribution in [1.29, 1.82) is 0 Å². The molecule has 54 heavy (non-hydrogen) atoms. The SMILES string of the molecule is c1ccc(-c2cccc(Oc3ccc4c(c3)Oc3cc(-c5cccc6ccccc56)cc5c3B4c3ccc(-c4cccc6ccccc46)cc3O5)c2)cc1. The van der Waals surface area contributed by atoms with Crippen LogP contribution in [0.4, 0.5) is 0 Å². The predicted octanol–water partition coefficient (Wildman–Crippen LogP) is 11.5. The fraction of sp³-hybridized carbons (Fsp3) is 0. The molecule has 0 aromatic heterocycles. The Morgan fingerprint density at radius 3 is 1.61 bits per heavy atom. The van der Waals surface area contributed by atoms with Crippen LogP contribution in [0.1, 0.15) is 0 Å². The minimum absolute atomic E-state index is 0.0823. The fourth-order valence-electron chi connectivity index (χ4n) is 8.32. The monoisotopic (exact) mass is 690 g/mol. The number of benzene rings is 9. The smallest absolute Gasteiger partial charge is 0.260 e. The van der Waals surface area contributed by atoms with E-state index in [4.69, 9.17) is 14.2 Å². The minimum atomic E-state index is -0.0823. The molecule has 0 aliphatic carbocycles. The van der Waals surface area contributed by atoms with Crippen LogP contribution in [0.3, 0.4) is 0 Å². The number of ether oxygens (including phenoxy) is 3. The van der Waals surface area contributed by atoms with Crippen molar-refractivity contribution in [2.45, 2.75) is 0 Å². The summed E-state index contributed by atoms with van der Waals surface area (Å²) < 4.78 is 20.3. The quantitative estimate of drug-likeness (QED) is 0.168. The Hall–Kier alpha value is -7.04. The van der Waals surface area contributed by atoms with E-state index in [1.165, 1.54) is 27.1 Å². The van der Waals surface area contributed by atoms with E-state index >= 15 is 0 Å². The van der Waals surface area contributed by atoms with Crippen LogP contribution in [-0.2, 0) is 0 Å². The molecule has 0 unspecified atom stereocenters. The first-order chi connectivity index (χ1) is 26.7. The molecule has 252 valence electrons. The predicted molar refractivity (Wildman–Crippen MR) is 222 cm³/mol. The molecule has 0 N–H and O–H groups in total. The zero-order chi connectivity index (χ0) is 35.6. The zero-order valence-electron chi connectivity index (χ0n) is 29.2. The molecule has 0 spiro atoms. The second-order valence-corrected chi connectivity index (χ2v) is 14.0. The molecule has 11 rings (SSSR count). The van der Waals surface area contributed by atoms with Crippen LogP contribution in [0.5, 0.6) is 34.5 Å². The molecule has 9 aromatic carbocycles. The molecule has 3 nitrogen and oxygen atoms in total. The summed E-state index contributed by atoms with van der Waals surface area (Å²) in [6.07, 6.45) is 0. The number of fused-ring (bicyclic) bond motifs is 6. The van der Waals surface area contributed by atoms with Gasteiger partial charge in [-0.25, -0.2) is 0 Å². The molecule has 2 heterocycles. The van der Waals surface area contributed by atoms with Gasteiger partial charge in [-0.1, -0.05) is 146 Å².